The summed E-state index contributed by atoms with van der Waals surface area (Å²) in [6, 6.07) is 9.65. The molecule has 5 nitrogen and oxygen atoms in total. The summed E-state index contributed by atoms with van der Waals surface area (Å²) in [4.78, 5) is 24.1. The molecule has 0 amide bonds. The first-order chi connectivity index (χ1) is 10.6. The van der Waals surface area contributed by atoms with Gasteiger partial charge in [-0.1, -0.05) is 30.3 Å². The quantitative estimate of drug-likeness (QED) is 0.549. The zero-order valence-electron chi connectivity index (χ0n) is 13.0. The number of carbonyl (C=O) groups is 1. The fraction of sp³-hybridized carbons (Fsp3) is 0.500. The Morgan fingerprint density at radius 2 is 2.00 bits per heavy atom. The molecule has 0 saturated heterocycles. The fourth-order valence-electron chi connectivity index (χ4n) is 2.15. The largest absolute Gasteiger partial charge is 0.629 e. The standard InChI is InChI=1S/C16H23O5P/c1-3-20-15(18)16(21-4-2,12-22(19)13-17)11-10-14-8-6-5-7-9-14/h5-9,12,17H,3-4,10-11,13H2,1-2H3. The highest BCUT2D eigenvalue weighted by Gasteiger charge is 2.41. The SMILES string of the molecule is CCOC(=O)C(C=[P+]([O-])CO)(CCc1ccccc1)OCC. The maximum atomic E-state index is 12.3. The summed E-state index contributed by atoms with van der Waals surface area (Å²) in [5, 5.41) is 9.04. The van der Waals surface area contributed by atoms with Crippen LogP contribution in [0.2, 0.25) is 0 Å². The Balaban J connectivity index is 3.03. The van der Waals surface area contributed by atoms with Crippen molar-refractivity contribution >= 4 is 19.5 Å². The first-order valence-electron chi connectivity index (χ1n) is 7.33. The number of ether oxygens (including phenoxy) is 2. The van der Waals surface area contributed by atoms with Gasteiger partial charge in [-0.2, -0.15) is 0 Å². The van der Waals surface area contributed by atoms with Crippen LogP contribution in [0.25, 0.3) is 0 Å². The summed E-state index contributed by atoms with van der Waals surface area (Å²) >= 11 is 0. The van der Waals surface area contributed by atoms with Crippen LogP contribution in [0.15, 0.2) is 30.3 Å². The summed E-state index contributed by atoms with van der Waals surface area (Å²) in [5.41, 5.74) is -0.347. The predicted octanol–water partition coefficient (Wildman–Crippen LogP) is 1.47. The van der Waals surface area contributed by atoms with Gasteiger partial charge in [0, 0.05) is 6.61 Å². The summed E-state index contributed by atoms with van der Waals surface area (Å²) in [6.07, 6.45) is 0.365. The van der Waals surface area contributed by atoms with E-state index in [1.165, 1.54) is 5.80 Å². The number of hydrogen-bond donors (Lipinski definition) is 1. The molecule has 0 aliphatic rings. The molecule has 2 unspecified atom stereocenters. The van der Waals surface area contributed by atoms with Crippen molar-refractivity contribution in [2.45, 2.75) is 32.3 Å². The van der Waals surface area contributed by atoms with E-state index in [0.29, 0.717) is 12.8 Å². The van der Waals surface area contributed by atoms with Crippen molar-refractivity contribution in [2.75, 3.05) is 19.6 Å². The second-order valence-electron chi connectivity index (χ2n) is 4.72. The van der Waals surface area contributed by atoms with Crippen molar-refractivity contribution in [1.29, 1.82) is 0 Å². The van der Waals surface area contributed by atoms with Crippen LogP contribution in [-0.4, -0.2) is 42.0 Å². The predicted molar refractivity (Wildman–Crippen MR) is 85.8 cm³/mol. The summed E-state index contributed by atoms with van der Waals surface area (Å²) < 4.78 is 10.7. The Bertz CT molecular complexity index is 489. The van der Waals surface area contributed by atoms with E-state index in [9.17, 15) is 9.69 Å². The fourth-order valence-corrected chi connectivity index (χ4v) is 3.00. The lowest BCUT2D eigenvalue weighted by Gasteiger charge is -2.26. The topological polar surface area (TPSA) is 78.8 Å². The van der Waals surface area contributed by atoms with E-state index in [2.05, 4.69) is 0 Å². The molecule has 0 bridgehead atoms. The van der Waals surface area contributed by atoms with Crippen LogP contribution in [0.3, 0.4) is 0 Å². The lowest BCUT2D eigenvalue weighted by atomic mass is 9.96. The number of esters is 1. The minimum absolute atomic E-state index is 0.211. The van der Waals surface area contributed by atoms with Crippen LogP contribution < -0.4 is 4.89 Å². The third-order valence-electron chi connectivity index (χ3n) is 3.14. The van der Waals surface area contributed by atoms with Crippen LogP contribution in [0.4, 0.5) is 0 Å². The highest BCUT2D eigenvalue weighted by Crippen LogP contribution is 2.24. The van der Waals surface area contributed by atoms with E-state index in [1.54, 1.807) is 13.8 Å². The van der Waals surface area contributed by atoms with Gasteiger partial charge in [-0.15, -0.1) is 0 Å². The van der Waals surface area contributed by atoms with Crippen molar-refractivity contribution in [2.24, 2.45) is 0 Å². The summed E-state index contributed by atoms with van der Waals surface area (Å²) in [6.45, 7) is 3.95. The van der Waals surface area contributed by atoms with E-state index in [0.717, 1.165) is 5.56 Å². The Kier molecular flexibility index (Phi) is 8.28. The highest BCUT2D eigenvalue weighted by molar-refractivity contribution is 7.50. The molecule has 0 aliphatic heterocycles. The van der Waals surface area contributed by atoms with E-state index >= 15 is 0 Å². The number of aliphatic hydroxyl groups excluding tert-OH is 1. The van der Waals surface area contributed by atoms with Crippen LogP contribution >= 0.6 is 7.77 Å². The zero-order valence-corrected chi connectivity index (χ0v) is 13.9. The number of benzene rings is 1. The Morgan fingerprint density at radius 1 is 1.32 bits per heavy atom. The number of carbonyl (C=O) groups excluding carboxylic acids is 1. The maximum absolute atomic E-state index is 12.3. The van der Waals surface area contributed by atoms with Crippen LogP contribution in [0.5, 0.6) is 0 Å². The highest BCUT2D eigenvalue weighted by atomic mass is 31.1. The Morgan fingerprint density at radius 3 is 2.55 bits per heavy atom. The lowest BCUT2D eigenvalue weighted by molar-refractivity contribution is -0.165. The van der Waals surface area contributed by atoms with Crippen LogP contribution in [0, 0.1) is 0 Å². The van der Waals surface area contributed by atoms with Gasteiger partial charge in [-0.05, 0) is 32.3 Å². The average molecular weight is 326 g/mol. The molecule has 1 N–H and O–H groups in total. The molecule has 122 valence electrons. The second-order valence-corrected chi connectivity index (χ2v) is 6.09. The molecule has 0 aromatic heterocycles. The number of aryl methyl sites for hydroxylation is 1. The van der Waals surface area contributed by atoms with Gasteiger partial charge in [0.25, 0.3) is 0 Å². The minimum atomic E-state index is -2.05. The first-order valence-corrected chi connectivity index (χ1v) is 8.85. The van der Waals surface area contributed by atoms with Gasteiger partial charge in [-0.25, -0.2) is 4.79 Å². The van der Waals surface area contributed by atoms with Crippen molar-refractivity contribution in [3.8, 4) is 0 Å². The molecule has 0 fully saturated rings. The van der Waals surface area contributed by atoms with Crippen molar-refractivity contribution in [3.63, 3.8) is 0 Å². The third kappa shape index (κ3) is 5.50. The number of hydrogen-bond acceptors (Lipinski definition) is 5. The van der Waals surface area contributed by atoms with E-state index < -0.39 is 25.7 Å². The number of aliphatic hydroxyl groups is 1. The van der Waals surface area contributed by atoms with E-state index in [1.807, 2.05) is 30.3 Å². The second kappa shape index (κ2) is 9.70. The molecule has 6 heteroatoms. The maximum Gasteiger partial charge on any atom is 0.346 e. The normalized spacial score (nSPS) is 14.5. The first kappa shape index (κ1) is 18.8. The summed E-state index contributed by atoms with van der Waals surface area (Å²) in [7, 11) is -2.05. The molecule has 1 rings (SSSR count). The molecule has 22 heavy (non-hydrogen) atoms. The molecule has 0 radical (unpaired) electrons. The molecule has 1 aromatic rings. The molecule has 0 saturated carbocycles. The van der Waals surface area contributed by atoms with Gasteiger partial charge in [0.05, 0.1) is 14.4 Å². The van der Waals surface area contributed by atoms with E-state index in [-0.39, 0.29) is 13.2 Å². The minimum Gasteiger partial charge on any atom is -0.629 e. The monoisotopic (exact) mass is 326 g/mol. The van der Waals surface area contributed by atoms with Gasteiger partial charge in [0.1, 0.15) is 5.80 Å². The van der Waals surface area contributed by atoms with Crippen LogP contribution in [-0.2, 0) is 20.7 Å². The van der Waals surface area contributed by atoms with Gasteiger partial charge < -0.3 is 19.5 Å². The zero-order chi connectivity index (χ0) is 16.4. The van der Waals surface area contributed by atoms with Crippen LogP contribution in [0.1, 0.15) is 25.8 Å². The smallest absolute Gasteiger partial charge is 0.346 e. The molecule has 1 aromatic carbocycles. The molecule has 0 aliphatic carbocycles. The third-order valence-corrected chi connectivity index (χ3v) is 4.13. The summed E-state index contributed by atoms with van der Waals surface area (Å²) in [5.74, 6) is 0.719. The molecular formula is C16H23O5P. The Labute approximate surface area is 132 Å². The van der Waals surface area contributed by atoms with Gasteiger partial charge >= 0.3 is 5.97 Å². The van der Waals surface area contributed by atoms with E-state index in [4.69, 9.17) is 14.6 Å². The Hall–Kier alpha value is -1.26. The molecule has 0 heterocycles. The van der Waals surface area contributed by atoms with Gasteiger partial charge in [0.2, 0.25) is 5.60 Å². The lowest BCUT2D eigenvalue weighted by Crippen LogP contribution is -2.45. The molecular weight excluding hydrogens is 303 g/mol. The average Bonchev–Trinajstić information content (AvgIpc) is 2.54. The van der Waals surface area contributed by atoms with Gasteiger partial charge in [-0.3, -0.25) is 0 Å². The van der Waals surface area contributed by atoms with Gasteiger partial charge in [0.15, 0.2) is 6.35 Å². The van der Waals surface area contributed by atoms with Crippen molar-refractivity contribution < 1.29 is 24.3 Å². The molecule has 2 atom stereocenters. The number of rotatable bonds is 9. The van der Waals surface area contributed by atoms with Crippen molar-refractivity contribution in [1.82, 2.24) is 0 Å². The van der Waals surface area contributed by atoms with Crippen molar-refractivity contribution in [3.05, 3.63) is 35.9 Å². The molecule has 0 spiro atoms.